The van der Waals surface area contributed by atoms with Crippen molar-refractivity contribution in [3.63, 3.8) is 0 Å². The summed E-state index contributed by atoms with van der Waals surface area (Å²) in [5.74, 6) is -0.395. The third-order valence-electron chi connectivity index (χ3n) is 3.54. The zero-order chi connectivity index (χ0) is 17.3. The van der Waals surface area contributed by atoms with Gasteiger partial charge < -0.3 is 5.32 Å². The highest BCUT2D eigenvalue weighted by Crippen LogP contribution is 2.32. The van der Waals surface area contributed by atoms with Crippen LogP contribution in [0.5, 0.6) is 0 Å². The Morgan fingerprint density at radius 3 is 2.58 bits per heavy atom. The summed E-state index contributed by atoms with van der Waals surface area (Å²) in [5.41, 5.74) is 0. The molecule has 0 aliphatic heterocycles. The number of nitrogens with one attached hydrogen (secondary N) is 1. The first-order chi connectivity index (χ1) is 11.4. The first-order valence-electron chi connectivity index (χ1n) is 7.36. The van der Waals surface area contributed by atoms with Crippen LogP contribution in [-0.4, -0.2) is 36.2 Å². The number of halogens is 1. The van der Waals surface area contributed by atoms with E-state index in [4.69, 9.17) is 11.6 Å². The van der Waals surface area contributed by atoms with Crippen LogP contribution in [0.1, 0.15) is 17.7 Å². The zero-order valence-electron chi connectivity index (χ0n) is 12.9. The van der Waals surface area contributed by atoms with Gasteiger partial charge in [-0.05, 0) is 44.0 Å². The molecule has 0 radical (unpaired) electrons. The summed E-state index contributed by atoms with van der Waals surface area (Å²) in [6.45, 7) is 1.66. The highest BCUT2D eigenvalue weighted by molar-refractivity contribution is 7.89. The molecular formula is C15H16ClN3O3S2. The fourth-order valence-corrected chi connectivity index (χ4v) is 4.68. The van der Waals surface area contributed by atoms with Crippen LogP contribution < -0.4 is 5.32 Å². The van der Waals surface area contributed by atoms with E-state index in [1.54, 1.807) is 6.20 Å². The number of amides is 1. The van der Waals surface area contributed by atoms with Crippen LogP contribution >= 0.6 is 22.9 Å². The number of anilines is 1. The summed E-state index contributed by atoms with van der Waals surface area (Å²) < 4.78 is 26.9. The predicted molar refractivity (Wildman–Crippen MR) is 93.8 cm³/mol. The summed E-state index contributed by atoms with van der Waals surface area (Å²) in [6.07, 6.45) is 3.18. The van der Waals surface area contributed by atoms with Crippen LogP contribution in [0.3, 0.4) is 0 Å². The van der Waals surface area contributed by atoms with E-state index in [-0.39, 0.29) is 17.5 Å². The van der Waals surface area contributed by atoms with Crippen LogP contribution in [0, 0.1) is 6.92 Å². The van der Waals surface area contributed by atoms with Gasteiger partial charge in [-0.3, -0.25) is 4.79 Å². The van der Waals surface area contributed by atoms with E-state index in [9.17, 15) is 13.2 Å². The Bertz CT molecular complexity index is 845. The summed E-state index contributed by atoms with van der Waals surface area (Å²) in [7, 11) is -3.74. The standard InChI is InChI=1S/C15H16ClN3O3S2/c1-10-8-17-15(23-10)18-14(20)9-19(12-4-5-12)24(21,22)13-6-2-11(16)3-7-13/h2-3,6-8,12H,4-5,9H2,1H3,(H,17,18,20). The van der Waals surface area contributed by atoms with Gasteiger partial charge in [0.1, 0.15) is 0 Å². The van der Waals surface area contributed by atoms with Gasteiger partial charge in [0, 0.05) is 22.1 Å². The van der Waals surface area contributed by atoms with Crippen molar-refractivity contribution < 1.29 is 13.2 Å². The highest BCUT2D eigenvalue weighted by Gasteiger charge is 2.39. The molecule has 24 heavy (non-hydrogen) atoms. The second-order valence-electron chi connectivity index (χ2n) is 5.56. The van der Waals surface area contributed by atoms with E-state index in [0.717, 1.165) is 17.7 Å². The minimum absolute atomic E-state index is 0.130. The van der Waals surface area contributed by atoms with Crippen molar-refractivity contribution in [3.8, 4) is 0 Å². The molecule has 1 aliphatic rings. The van der Waals surface area contributed by atoms with Crippen molar-refractivity contribution in [1.82, 2.24) is 9.29 Å². The van der Waals surface area contributed by atoms with E-state index in [1.807, 2.05) is 6.92 Å². The molecule has 1 aromatic carbocycles. The number of carbonyl (C=O) groups is 1. The lowest BCUT2D eigenvalue weighted by Crippen LogP contribution is -2.39. The van der Waals surface area contributed by atoms with Crippen LogP contribution in [-0.2, 0) is 14.8 Å². The maximum Gasteiger partial charge on any atom is 0.243 e. The van der Waals surface area contributed by atoms with Gasteiger partial charge >= 0.3 is 0 Å². The Morgan fingerprint density at radius 1 is 1.38 bits per heavy atom. The quantitative estimate of drug-likeness (QED) is 0.829. The van der Waals surface area contributed by atoms with Crippen LogP contribution in [0.2, 0.25) is 5.02 Å². The van der Waals surface area contributed by atoms with Gasteiger partial charge in [0.05, 0.1) is 11.4 Å². The average Bonchev–Trinajstić information content (AvgIpc) is 3.28. The van der Waals surface area contributed by atoms with Gasteiger partial charge in [-0.15, -0.1) is 11.3 Å². The lowest BCUT2D eigenvalue weighted by atomic mass is 10.4. The van der Waals surface area contributed by atoms with E-state index < -0.39 is 15.9 Å². The molecular weight excluding hydrogens is 370 g/mol. The zero-order valence-corrected chi connectivity index (χ0v) is 15.3. The van der Waals surface area contributed by atoms with Crippen LogP contribution in [0.15, 0.2) is 35.4 Å². The minimum atomic E-state index is -3.74. The molecule has 1 saturated carbocycles. The molecule has 1 heterocycles. The maximum absolute atomic E-state index is 12.8. The smallest absolute Gasteiger partial charge is 0.243 e. The fraction of sp³-hybridized carbons (Fsp3) is 0.333. The topological polar surface area (TPSA) is 79.4 Å². The second kappa shape index (κ2) is 6.79. The number of hydrogen-bond donors (Lipinski definition) is 1. The van der Waals surface area contributed by atoms with Gasteiger partial charge in [-0.2, -0.15) is 4.31 Å². The van der Waals surface area contributed by atoms with Crippen molar-refractivity contribution in [2.24, 2.45) is 0 Å². The number of carbonyl (C=O) groups excluding carboxylic acids is 1. The SMILES string of the molecule is Cc1cnc(NC(=O)CN(C2CC2)S(=O)(=O)c2ccc(Cl)cc2)s1. The van der Waals surface area contributed by atoms with Crippen molar-refractivity contribution >= 4 is 44.0 Å². The van der Waals surface area contributed by atoms with Gasteiger partial charge in [0.2, 0.25) is 15.9 Å². The Morgan fingerprint density at radius 2 is 2.04 bits per heavy atom. The second-order valence-corrected chi connectivity index (χ2v) is 9.12. The normalized spacial score (nSPS) is 14.8. The third kappa shape index (κ3) is 3.94. The molecule has 2 aromatic rings. The molecule has 128 valence electrons. The minimum Gasteiger partial charge on any atom is -0.301 e. The van der Waals surface area contributed by atoms with Crippen molar-refractivity contribution in [3.05, 3.63) is 40.4 Å². The van der Waals surface area contributed by atoms with E-state index in [2.05, 4.69) is 10.3 Å². The Kier molecular flexibility index (Phi) is 4.91. The van der Waals surface area contributed by atoms with Crippen molar-refractivity contribution in [2.75, 3.05) is 11.9 Å². The van der Waals surface area contributed by atoms with Crippen molar-refractivity contribution in [1.29, 1.82) is 0 Å². The fourth-order valence-electron chi connectivity index (χ4n) is 2.23. The summed E-state index contributed by atoms with van der Waals surface area (Å²) in [4.78, 5) is 17.4. The predicted octanol–water partition coefficient (Wildman–Crippen LogP) is 2.90. The molecule has 0 bridgehead atoms. The van der Waals surface area contributed by atoms with E-state index in [0.29, 0.717) is 10.2 Å². The number of rotatable bonds is 6. The molecule has 1 N–H and O–H groups in total. The Hall–Kier alpha value is -1.48. The molecule has 1 aromatic heterocycles. The van der Waals surface area contributed by atoms with E-state index in [1.165, 1.54) is 39.9 Å². The number of aryl methyl sites for hydroxylation is 1. The molecule has 1 amide bonds. The summed E-state index contributed by atoms with van der Waals surface area (Å²) in [6, 6.07) is 5.83. The Labute approximate surface area is 149 Å². The molecule has 6 nitrogen and oxygen atoms in total. The van der Waals surface area contributed by atoms with Crippen molar-refractivity contribution in [2.45, 2.75) is 30.7 Å². The molecule has 0 unspecified atom stereocenters. The molecule has 9 heteroatoms. The van der Waals surface area contributed by atoms with Crippen LogP contribution in [0.4, 0.5) is 5.13 Å². The number of nitrogens with zero attached hydrogens (tertiary/aromatic N) is 2. The first-order valence-corrected chi connectivity index (χ1v) is 9.99. The third-order valence-corrected chi connectivity index (χ3v) is 6.53. The number of hydrogen-bond acceptors (Lipinski definition) is 5. The van der Waals surface area contributed by atoms with Gasteiger partial charge in [-0.1, -0.05) is 11.6 Å². The summed E-state index contributed by atoms with van der Waals surface area (Å²) >= 11 is 7.16. The molecule has 0 atom stereocenters. The van der Waals surface area contributed by atoms with Crippen LogP contribution in [0.25, 0.3) is 0 Å². The molecule has 3 rings (SSSR count). The molecule has 0 saturated heterocycles. The molecule has 0 spiro atoms. The van der Waals surface area contributed by atoms with Gasteiger partial charge in [0.15, 0.2) is 5.13 Å². The highest BCUT2D eigenvalue weighted by atomic mass is 35.5. The number of benzene rings is 1. The average molecular weight is 386 g/mol. The largest absolute Gasteiger partial charge is 0.301 e. The number of aromatic nitrogens is 1. The molecule has 1 aliphatic carbocycles. The lowest BCUT2D eigenvalue weighted by molar-refractivity contribution is -0.116. The number of thiazole rings is 1. The lowest BCUT2D eigenvalue weighted by Gasteiger charge is -2.21. The summed E-state index contributed by atoms with van der Waals surface area (Å²) in [5, 5.41) is 3.58. The first kappa shape index (κ1) is 17.3. The Balaban J connectivity index is 1.77. The monoisotopic (exact) mass is 385 g/mol. The van der Waals surface area contributed by atoms with E-state index >= 15 is 0 Å². The van der Waals surface area contributed by atoms with Gasteiger partial charge in [-0.25, -0.2) is 13.4 Å². The maximum atomic E-state index is 12.8. The van der Waals surface area contributed by atoms with Gasteiger partial charge in [0.25, 0.3) is 0 Å². The number of sulfonamides is 1. The molecule has 1 fully saturated rings.